The number of nitrogens with zero attached hydrogens (tertiary/aromatic N) is 2. The van der Waals surface area contributed by atoms with Crippen LogP contribution in [0.25, 0.3) is 0 Å². The van der Waals surface area contributed by atoms with Crippen molar-refractivity contribution in [3.05, 3.63) is 10.8 Å². The zero-order valence-corrected chi connectivity index (χ0v) is 12.5. The van der Waals surface area contributed by atoms with Gasteiger partial charge in [0, 0.05) is 13.1 Å². The van der Waals surface area contributed by atoms with Gasteiger partial charge in [-0.3, -0.25) is 0 Å². The quantitative estimate of drug-likeness (QED) is 0.841. The van der Waals surface area contributed by atoms with Gasteiger partial charge in [-0.1, -0.05) is 25.7 Å². The van der Waals surface area contributed by atoms with Gasteiger partial charge in [0.25, 0.3) is 0 Å². The molecular formula is C13H21BrN4. The fourth-order valence-electron chi connectivity index (χ4n) is 2.48. The van der Waals surface area contributed by atoms with E-state index in [9.17, 15) is 0 Å². The molecule has 0 amide bonds. The average molecular weight is 313 g/mol. The highest BCUT2D eigenvalue weighted by Gasteiger charge is 2.14. The van der Waals surface area contributed by atoms with Crippen molar-refractivity contribution in [1.29, 1.82) is 0 Å². The lowest BCUT2D eigenvalue weighted by Gasteiger charge is -2.12. The van der Waals surface area contributed by atoms with Crippen LogP contribution in [0.5, 0.6) is 0 Å². The monoisotopic (exact) mass is 312 g/mol. The highest BCUT2D eigenvalue weighted by Crippen LogP contribution is 2.29. The first-order valence-electron chi connectivity index (χ1n) is 6.79. The molecule has 5 heteroatoms. The molecule has 1 aromatic heterocycles. The lowest BCUT2D eigenvalue weighted by Crippen LogP contribution is -2.10. The molecule has 1 fully saturated rings. The van der Waals surface area contributed by atoms with Crippen LogP contribution in [-0.2, 0) is 0 Å². The second-order valence-electron chi connectivity index (χ2n) is 4.78. The summed E-state index contributed by atoms with van der Waals surface area (Å²) in [7, 11) is 0. The van der Waals surface area contributed by atoms with Crippen molar-refractivity contribution >= 4 is 27.6 Å². The maximum absolute atomic E-state index is 4.28. The van der Waals surface area contributed by atoms with Crippen molar-refractivity contribution in [3.8, 4) is 0 Å². The molecule has 1 aromatic rings. The van der Waals surface area contributed by atoms with Crippen LogP contribution in [0.3, 0.4) is 0 Å². The molecule has 18 heavy (non-hydrogen) atoms. The Labute approximate surface area is 117 Å². The van der Waals surface area contributed by atoms with Crippen LogP contribution in [0.15, 0.2) is 10.8 Å². The Morgan fingerprint density at radius 1 is 1.22 bits per heavy atom. The van der Waals surface area contributed by atoms with Gasteiger partial charge in [-0.05, 0) is 35.2 Å². The van der Waals surface area contributed by atoms with E-state index in [4.69, 9.17) is 0 Å². The Morgan fingerprint density at radius 2 is 1.89 bits per heavy atom. The molecule has 0 radical (unpaired) electrons. The molecule has 1 heterocycles. The number of hydrogen-bond acceptors (Lipinski definition) is 4. The minimum Gasteiger partial charge on any atom is -0.369 e. The summed E-state index contributed by atoms with van der Waals surface area (Å²) in [6, 6.07) is 0. The molecule has 0 unspecified atom stereocenters. The smallest absolute Gasteiger partial charge is 0.145 e. The third-order valence-corrected chi connectivity index (χ3v) is 4.20. The Balaban J connectivity index is 1.86. The third kappa shape index (κ3) is 3.57. The summed E-state index contributed by atoms with van der Waals surface area (Å²) < 4.78 is 0.929. The van der Waals surface area contributed by atoms with E-state index in [-0.39, 0.29) is 0 Å². The summed E-state index contributed by atoms with van der Waals surface area (Å²) >= 11 is 3.55. The third-order valence-electron chi connectivity index (χ3n) is 3.45. The van der Waals surface area contributed by atoms with Gasteiger partial charge >= 0.3 is 0 Å². The summed E-state index contributed by atoms with van der Waals surface area (Å²) in [5, 5.41) is 6.61. The number of nitrogens with one attached hydrogen (secondary N) is 2. The molecule has 1 saturated carbocycles. The molecule has 0 saturated heterocycles. The molecule has 2 N–H and O–H groups in total. The van der Waals surface area contributed by atoms with Crippen molar-refractivity contribution in [2.24, 2.45) is 5.92 Å². The van der Waals surface area contributed by atoms with Crippen LogP contribution in [0.2, 0.25) is 0 Å². The van der Waals surface area contributed by atoms with E-state index in [0.717, 1.165) is 35.1 Å². The van der Waals surface area contributed by atoms with Gasteiger partial charge in [-0.25, -0.2) is 9.97 Å². The molecule has 1 aliphatic rings. The van der Waals surface area contributed by atoms with Crippen LogP contribution in [-0.4, -0.2) is 23.1 Å². The maximum Gasteiger partial charge on any atom is 0.145 e. The molecular weight excluding hydrogens is 292 g/mol. The molecule has 0 aromatic carbocycles. The maximum atomic E-state index is 4.28. The van der Waals surface area contributed by atoms with Crippen molar-refractivity contribution in [3.63, 3.8) is 0 Å². The van der Waals surface area contributed by atoms with Gasteiger partial charge < -0.3 is 10.6 Å². The Bertz CT molecular complexity index is 377. The van der Waals surface area contributed by atoms with Crippen molar-refractivity contribution < 1.29 is 0 Å². The largest absolute Gasteiger partial charge is 0.369 e. The molecule has 0 aliphatic heterocycles. The number of aromatic nitrogens is 2. The number of halogens is 1. The van der Waals surface area contributed by atoms with Gasteiger partial charge in [-0.2, -0.15) is 0 Å². The first-order chi connectivity index (χ1) is 8.81. The molecule has 0 bridgehead atoms. The summed E-state index contributed by atoms with van der Waals surface area (Å²) in [6.45, 7) is 3.91. The molecule has 0 spiro atoms. The first kappa shape index (κ1) is 13.6. The minimum atomic E-state index is 0.857. The summed E-state index contributed by atoms with van der Waals surface area (Å²) in [5.41, 5.74) is 0. The van der Waals surface area contributed by atoms with E-state index < -0.39 is 0 Å². The van der Waals surface area contributed by atoms with Gasteiger partial charge in [0.15, 0.2) is 0 Å². The molecule has 1 aliphatic carbocycles. The van der Waals surface area contributed by atoms with E-state index in [2.05, 4.69) is 43.5 Å². The second kappa shape index (κ2) is 6.92. The van der Waals surface area contributed by atoms with Crippen LogP contribution in [0.1, 0.15) is 39.0 Å². The van der Waals surface area contributed by atoms with Crippen LogP contribution < -0.4 is 10.6 Å². The van der Waals surface area contributed by atoms with Crippen LogP contribution >= 0.6 is 15.9 Å². The molecule has 4 nitrogen and oxygen atoms in total. The lowest BCUT2D eigenvalue weighted by molar-refractivity contribution is 0.518. The Kier molecular flexibility index (Phi) is 5.23. The molecule has 2 rings (SSSR count). The van der Waals surface area contributed by atoms with Crippen molar-refractivity contribution in [2.75, 3.05) is 23.7 Å². The predicted octanol–water partition coefficient (Wildman–Crippen LogP) is 3.66. The first-order valence-corrected chi connectivity index (χ1v) is 7.58. The molecule has 0 atom stereocenters. The highest BCUT2D eigenvalue weighted by molar-refractivity contribution is 9.10. The van der Waals surface area contributed by atoms with Gasteiger partial charge in [0.2, 0.25) is 0 Å². The summed E-state index contributed by atoms with van der Waals surface area (Å²) in [5.74, 6) is 2.65. The van der Waals surface area contributed by atoms with E-state index in [1.807, 2.05) is 0 Å². The zero-order valence-electron chi connectivity index (χ0n) is 10.9. The van der Waals surface area contributed by atoms with Crippen molar-refractivity contribution in [2.45, 2.75) is 39.0 Å². The Morgan fingerprint density at radius 3 is 2.56 bits per heavy atom. The van der Waals surface area contributed by atoms with Gasteiger partial charge in [-0.15, -0.1) is 0 Å². The Hall–Kier alpha value is -0.840. The second-order valence-corrected chi connectivity index (χ2v) is 5.57. The summed E-state index contributed by atoms with van der Waals surface area (Å²) in [6.07, 6.45) is 8.46. The predicted molar refractivity (Wildman–Crippen MR) is 79.0 cm³/mol. The van der Waals surface area contributed by atoms with Gasteiger partial charge in [0.05, 0.1) is 0 Å². The standard InChI is InChI=1S/C13H21BrN4/c1-2-15-12-11(14)13(18-9-17-12)16-8-7-10-5-3-4-6-10/h9-10H,2-8H2,1H3,(H2,15,16,17,18). The number of anilines is 2. The lowest BCUT2D eigenvalue weighted by atomic mass is 10.0. The van der Waals surface area contributed by atoms with E-state index >= 15 is 0 Å². The number of rotatable bonds is 6. The fraction of sp³-hybridized carbons (Fsp3) is 0.692. The fourth-order valence-corrected chi connectivity index (χ4v) is 2.96. The van der Waals surface area contributed by atoms with E-state index in [1.165, 1.54) is 32.1 Å². The topological polar surface area (TPSA) is 49.8 Å². The average Bonchev–Trinajstić information content (AvgIpc) is 2.87. The SMILES string of the molecule is CCNc1ncnc(NCCC2CCCC2)c1Br. The van der Waals surface area contributed by atoms with E-state index in [1.54, 1.807) is 6.33 Å². The number of hydrogen-bond donors (Lipinski definition) is 2. The normalized spacial score (nSPS) is 15.9. The van der Waals surface area contributed by atoms with E-state index in [0.29, 0.717) is 0 Å². The molecule has 100 valence electrons. The highest BCUT2D eigenvalue weighted by atomic mass is 79.9. The van der Waals surface area contributed by atoms with Crippen LogP contribution in [0, 0.1) is 5.92 Å². The van der Waals surface area contributed by atoms with Crippen LogP contribution in [0.4, 0.5) is 11.6 Å². The van der Waals surface area contributed by atoms with Gasteiger partial charge in [0.1, 0.15) is 22.4 Å². The van der Waals surface area contributed by atoms with Crippen molar-refractivity contribution in [1.82, 2.24) is 9.97 Å². The minimum absolute atomic E-state index is 0.857. The summed E-state index contributed by atoms with van der Waals surface area (Å²) in [4.78, 5) is 8.48. The zero-order chi connectivity index (χ0) is 12.8.